The summed E-state index contributed by atoms with van der Waals surface area (Å²) in [5.41, 5.74) is 1.59. The van der Waals surface area contributed by atoms with Crippen LogP contribution in [-0.4, -0.2) is 46.6 Å². The summed E-state index contributed by atoms with van der Waals surface area (Å²) in [5.74, 6) is -0.805. The van der Waals surface area contributed by atoms with E-state index in [1.807, 2.05) is 12.1 Å². The zero-order valence-corrected chi connectivity index (χ0v) is 17.7. The third-order valence-corrected chi connectivity index (χ3v) is 5.43. The van der Waals surface area contributed by atoms with E-state index in [1.54, 1.807) is 17.0 Å². The van der Waals surface area contributed by atoms with Gasteiger partial charge >= 0.3 is 6.18 Å². The van der Waals surface area contributed by atoms with Crippen molar-refractivity contribution < 1.29 is 27.5 Å². The molecule has 0 atom stereocenters. The molecule has 2 amide bonds. The monoisotopic (exact) mass is 467 g/mol. The predicted octanol–water partition coefficient (Wildman–Crippen LogP) is 4.37. The second kappa shape index (κ2) is 8.97. The van der Waals surface area contributed by atoms with Crippen LogP contribution in [-0.2, 0) is 6.54 Å². The van der Waals surface area contributed by atoms with Crippen LogP contribution >= 0.6 is 11.6 Å². The summed E-state index contributed by atoms with van der Waals surface area (Å²) in [6, 6.07) is 8.69. The highest BCUT2D eigenvalue weighted by atomic mass is 35.5. The van der Waals surface area contributed by atoms with Crippen molar-refractivity contribution in [3.05, 3.63) is 58.2 Å². The Morgan fingerprint density at radius 3 is 2.38 bits per heavy atom. The minimum absolute atomic E-state index is 0.0697. The molecule has 2 saturated carbocycles. The molecule has 10 heteroatoms. The largest absolute Gasteiger partial charge is 0.467 e. The second-order valence-corrected chi connectivity index (χ2v) is 8.43. The average Bonchev–Trinajstić information content (AvgIpc) is 3.65. The van der Waals surface area contributed by atoms with Gasteiger partial charge in [-0.25, -0.2) is 4.98 Å². The Bertz CT molecular complexity index is 1010. The molecule has 0 saturated heterocycles. The molecule has 0 bridgehead atoms. The molecule has 1 N–H and O–H groups in total. The number of halogens is 4. The quantitative estimate of drug-likeness (QED) is 0.625. The standard InChI is InChI=1S/C22H21ClF3N3O3/c23-18-9-15(10-27-20(18)32-12-22(24,25)26)21(31)29(17-7-8-17)11-13-1-3-14(4-2-13)19(30)28-16-5-6-16/h1-4,9-10,16-17H,5-8,11-12H2,(H,28,30). The maximum absolute atomic E-state index is 13.1. The van der Waals surface area contributed by atoms with E-state index in [9.17, 15) is 22.8 Å². The zero-order chi connectivity index (χ0) is 22.9. The van der Waals surface area contributed by atoms with Crippen LogP contribution in [0.5, 0.6) is 5.88 Å². The number of benzene rings is 1. The Morgan fingerprint density at radius 2 is 1.81 bits per heavy atom. The normalized spacial score (nSPS) is 15.9. The van der Waals surface area contributed by atoms with Gasteiger partial charge in [-0.3, -0.25) is 9.59 Å². The number of carbonyl (C=O) groups excluding carboxylic acids is 2. The van der Waals surface area contributed by atoms with Crippen LogP contribution in [0.2, 0.25) is 5.02 Å². The number of aromatic nitrogens is 1. The van der Waals surface area contributed by atoms with Crippen molar-refractivity contribution >= 4 is 23.4 Å². The van der Waals surface area contributed by atoms with Crippen LogP contribution in [0.4, 0.5) is 13.2 Å². The van der Waals surface area contributed by atoms with Gasteiger partial charge < -0.3 is 15.0 Å². The molecule has 4 rings (SSSR count). The summed E-state index contributed by atoms with van der Waals surface area (Å²) in [6.07, 6.45) is 0.396. The smallest absolute Gasteiger partial charge is 0.422 e. The molecule has 1 aromatic carbocycles. The summed E-state index contributed by atoms with van der Waals surface area (Å²) in [4.78, 5) is 30.7. The Morgan fingerprint density at radius 1 is 1.12 bits per heavy atom. The van der Waals surface area contributed by atoms with Gasteiger partial charge in [0.25, 0.3) is 11.8 Å². The minimum Gasteiger partial charge on any atom is -0.467 e. The van der Waals surface area contributed by atoms with Crippen molar-refractivity contribution in [2.24, 2.45) is 0 Å². The van der Waals surface area contributed by atoms with Crippen molar-refractivity contribution in [3.8, 4) is 5.88 Å². The molecular formula is C22H21ClF3N3O3. The van der Waals surface area contributed by atoms with Crippen LogP contribution in [0.1, 0.15) is 52.0 Å². The number of ether oxygens (including phenoxy) is 1. The van der Waals surface area contributed by atoms with Gasteiger partial charge in [0.15, 0.2) is 6.61 Å². The van der Waals surface area contributed by atoms with Gasteiger partial charge in [0, 0.05) is 30.4 Å². The lowest BCUT2D eigenvalue weighted by atomic mass is 10.1. The van der Waals surface area contributed by atoms with Crippen LogP contribution in [0, 0.1) is 0 Å². The summed E-state index contributed by atoms with van der Waals surface area (Å²) in [7, 11) is 0. The van der Waals surface area contributed by atoms with E-state index >= 15 is 0 Å². The number of hydrogen-bond donors (Lipinski definition) is 1. The van der Waals surface area contributed by atoms with E-state index in [4.69, 9.17) is 11.6 Å². The first-order valence-electron chi connectivity index (χ1n) is 10.3. The number of carbonyl (C=O) groups is 2. The molecule has 1 heterocycles. The highest BCUT2D eigenvalue weighted by molar-refractivity contribution is 6.32. The first kappa shape index (κ1) is 22.4. The van der Waals surface area contributed by atoms with Crippen molar-refractivity contribution in [1.29, 1.82) is 0 Å². The van der Waals surface area contributed by atoms with Gasteiger partial charge in [-0.05, 0) is 49.4 Å². The SMILES string of the molecule is O=C(NC1CC1)c1ccc(CN(C(=O)c2cnc(OCC(F)(F)F)c(Cl)c2)C2CC2)cc1. The summed E-state index contributed by atoms with van der Waals surface area (Å²) < 4.78 is 41.6. The third-order valence-electron chi connectivity index (χ3n) is 5.16. The van der Waals surface area contributed by atoms with E-state index in [2.05, 4.69) is 15.0 Å². The third kappa shape index (κ3) is 5.91. The number of nitrogens with one attached hydrogen (secondary N) is 1. The molecular weight excluding hydrogens is 447 g/mol. The summed E-state index contributed by atoms with van der Waals surface area (Å²) >= 11 is 5.99. The Hall–Kier alpha value is -2.81. The van der Waals surface area contributed by atoms with E-state index in [0.717, 1.165) is 31.2 Å². The van der Waals surface area contributed by atoms with E-state index in [1.165, 1.54) is 12.3 Å². The molecule has 2 aromatic rings. The maximum Gasteiger partial charge on any atom is 0.422 e. The maximum atomic E-state index is 13.1. The predicted molar refractivity (Wildman–Crippen MR) is 111 cm³/mol. The number of rotatable bonds is 8. The fourth-order valence-electron chi connectivity index (χ4n) is 3.17. The molecule has 0 spiro atoms. The number of hydrogen-bond acceptors (Lipinski definition) is 4. The molecule has 32 heavy (non-hydrogen) atoms. The van der Waals surface area contributed by atoms with E-state index in [0.29, 0.717) is 12.1 Å². The Kier molecular flexibility index (Phi) is 6.28. The van der Waals surface area contributed by atoms with Crippen LogP contribution in [0.15, 0.2) is 36.5 Å². The van der Waals surface area contributed by atoms with E-state index in [-0.39, 0.29) is 40.4 Å². The topological polar surface area (TPSA) is 71.5 Å². The fraction of sp³-hybridized carbons (Fsp3) is 0.409. The van der Waals surface area contributed by atoms with E-state index < -0.39 is 12.8 Å². The molecule has 2 fully saturated rings. The molecule has 170 valence electrons. The van der Waals surface area contributed by atoms with Crippen molar-refractivity contribution in [2.75, 3.05) is 6.61 Å². The van der Waals surface area contributed by atoms with Gasteiger partial charge in [-0.1, -0.05) is 23.7 Å². The van der Waals surface area contributed by atoms with Crippen LogP contribution in [0.25, 0.3) is 0 Å². The van der Waals surface area contributed by atoms with Crippen molar-refractivity contribution in [3.63, 3.8) is 0 Å². The Balaban J connectivity index is 1.43. The molecule has 1 aromatic heterocycles. The lowest BCUT2D eigenvalue weighted by Gasteiger charge is -2.23. The summed E-state index contributed by atoms with van der Waals surface area (Å²) in [6.45, 7) is -1.19. The van der Waals surface area contributed by atoms with Crippen molar-refractivity contribution in [2.45, 2.75) is 50.5 Å². The molecule has 0 radical (unpaired) electrons. The molecule has 6 nitrogen and oxygen atoms in total. The molecule has 2 aliphatic carbocycles. The lowest BCUT2D eigenvalue weighted by Crippen LogP contribution is -2.32. The van der Waals surface area contributed by atoms with Gasteiger partial charge in [-0.2, -0.15) is 13.2 Å². The molecule has 0 aliphatic heterocycles. The average molecular weight is 468 g/mol. The highest BCUT2D eigenvalue weighted by Crippen LogP contribution is 2.31. The summed E-state index contributed by atoms with van der Waals surface area (Å²) in [5, 5.41) is 2.76. The first-order chi connectivity index (χ1) is 15.2. The van der Waals surface area contributed by atoms with Crippen LogP contribution < -0.4 is 10.1 Å². The number of alkyl halides is 3. The first-order valence-corrected chi connectivity index (χ1v) is 10.6. The second-order valence-electron chi connectivity index (χ2n) is 8.02. The van der Waals surface area contributed by atoms with Crippen molar-refractivity contribution in [1.82, 2.24) is 15.2 Å². The van der Waals surface area contributed by atoms with Crippen LogP contribution in [0.3, 0.4) is 0 Å². The van der Waals surface area contributed by atoms with Gasteiger partial charge in [0.2, 0.25) is 5.88 Å². The zero-order valence-electron chi connectivity index (χ0n) is 17.0. The number of nitrogens with zero attached hydrogens (tertiary/aromatic N) is 2. The van der Waals surface area contributed by atoms with Gasteiger partial charge in [0.05, 0.1) is 5.56 Å². The highest BCUT2D eigenvalue weighted by Gasteiger charge is 2.34. The van der Waals surface area contributed by atoms with Gasteiger partial charge in [-0.15, -0.1) is 0 Å². The Labute approximate surface area is 187 Å². The number of pyridine rings is 1. The molecule has 2 aliphatic rings. The van der Waals surface area contributed by atoms with Gasteiger partial charge in [0.1, 0.15) is 5.02 Å². The minimum atomic E-state index is -4.52. The number of amides is 2. The fourth-order valence-corrected chi connectivity index (χ4v) is 3.39. The lowest BCUT2D eigenvalue weighted by molar-refractivity contribution is -0.154. The molecule has 0 unspecified atom stereocenters.